The van der Waals surface area contributed by atoms with Crippen molar-refractivity contribution in [2.45, 2.75) is 19.9 Å². The van der Waals surface area contributed by atoms with Gasteiger partial charge in [0.1, 0.15) is 12.1 Å². The van der Waals surface area contributed by atoms with Crippen LogP contribution in [0.3, 0.4) is 0 Å². The van der Waals surface area contributed by atoms with Gasteiger partial charge in [0.05, 0.1) is 13.2 Å². The van der Waals surface area contributed by atoms with E-state index in [1.165, 1.54) is 6.33 Å². The molecule has 0 saturated heterocycles. The summed E-state index contributed by atoms with van der Waals surface area (Å²) in [6, 6.07) is 18.0. The molecule has 0 unspecified atom stereocenters. The van der Waals surface area contributed by atoms with Gasteiger partial charge in [-0.2, -0.15) is 5.10 Å². The van der Waals surface area contributed by atoms with Crippen molar-refractivity contribution in [3.63, 3.8) is 0 Å². The Morgan fingerprint density at radius 3 is 2.72 bits per heavy atom. The Balaban J connectivity index is 0.00000300. The number of H-pyrrole nitrogens is 1. The van der Waals surface area contributed by atoms with E-state index in [1.807, 2.05) is 42.5 Å². The molecule has 0 aliphatic carbocycles. The molecule has 3 N–H and O–H groups in total. The van der Waals surface area contributed by atoms with E-state index >= 15 is 0 Å². The fourth-order valence-corrected chi connectivity index (χ4v) is 2.66. The summed E-state index contributed by atoms with van der Waals surface area (Å²) in [4.78, 5) is 8.86. The van der Waals surface area contributed by atoms with Crippen LogP contribution in [0.25, 0.3) is 11.4 Å². The van der Waals surface area contributed by atoms with E-state index in [-0.39, 0.29) is 24.0 Å². The van der Waals surface area contributed by atoms with Crippen LogP contribution in [-0.4, -0.2) is 40.8 Å². The van der Waals surface area contributed by atoms with Crippen LogP contribution in [0.2, 0.25) is 0 Å². The summed E-state index contributed by atoms with van der Waals surface area (Å²) in [6.45, 7) is 4.90. The van der Waals surface area contributed by atoms with Gasteiger partial charge in [-0.3, -0.25) is 5.10 Å². The van der Waals surface area contributed by atoms with Gasteiger partial charge in [-0.05, 0) is 37.1 Å². The maximum atomic E-state index is 5.71. The van der Waals surface area contributed by atoms with Crippen molar-refractivity contribution in [2.75, 3.05) is 19.7 Å². The number of aliphatic imine (C=N–C) groups is 1. The van der Waals surface area contributed by atoms with Crippen molar-refractivity contribution in [2.24, 2.45) is 4.99 Å². The highest BCUT2D eigenvalue weighted by atomic mass is 127. The molecule has 0 atom stereocenters. The Morgan fingerprint density at radius 1 is 1.10 bits per heavy atom. The third-order valence-corrected chi connectivity index (χ3v) is 4.00. The smallest absolute Gasteiger partial charge is 0.191 e. The third-order valence-electron chi connectivity index (χ3n) is 4.00. The van der Waals surface area contributed by atoms with Crippen molar-refractivity contribution < 1.29 is 4.74 Å². The Bertz CT molecular complexity index is 855. The Kier molecular flexibility index (Phi) is 9.98. The lowest BCUT2D eigenvalue weighted by Gasteiger charge is -2.12. The first-order valence-electron chi connectivity index (χ1n) is 9.50. The molecule has 0 saturated carbocycles. The van der Waals surface area contributed by atoms with Crippen molar-refractivity contribution >= 4 is 29.9 Å². The topological polar surface area (TPSA) is 87.2 Å². The zero-order valence-electron chi connectivity index (χ0n) is 16.5. The highest BCUT2D eigenvalue weighted by Crippen LogP contribution is 2.15. The Morgan fingerprint density at radius 2 is 1.97 bits per heavy atom. The van der Waals surface area contributed by atoms with E-state index in [0.717, 1.165) is 48.2 Å². The third kappa shape index (κ3) is 7.72. The lowest BCUT2D eigenvalue weighted by molar-refractivity contribution is 0.311. The molecule has 0 radical (unpaired) electrons. The molecule has 29 heavy (non-hydrogen) atoms. The molecule has 7 nitrogen and oxygen atoms in total. The minimum absolute atomic E-state index is 0. The first-order chi connectivity index (χ1) is 13.8. The number of aromatic nitrogens is 3. The summed E-state index contributed by atoms with van der Waals surface area (Å²) in [5.41, 5.74) is 2.11. The molecule has 0 spiro atoms. The number of aromatic amines is 1. The van der Waals surface area contributed by atoms with Crippen LogP contribution in [0, 0.1) is 0 Å². The first kappa shape index (κ1) is 22.7. The quantitative estimate of drug-likeness (QED) is 0.179. The van der Waals surface area contributed by atoms with Crippen LogP contribution in [0.15, 0.2) is 65.9 Å². The monoisotopic (exact) mass is 506 g/mol. The average Bonchev–Trinajstić information content (AvgIpc) is 3.28. The van der Waals surface area contributed by atoms with Gasteiger partial charge in [-0.15, -0.1) is 24.0 Å². The van der Waals surface area contributed by atoms with Gasteiger partial charge < -0.3 is 15.4 Å². The van der Waals surface area contributed by atoms with Gasteiger partial charge >= 0.3 is 0 Å². The van der Waals surface area contributed by atoms with Gasteiger partial charge in [-0.1, -0.05) is 36.4 Å². The predicted molar refractivity (Wildman–Crippen MR) is 127 cm³/mol. The van der Waals surface area contributed by atoms with E-state index in [1.54, 1.807) is 0 Å². The molecule has 0 amide bonds. The summed E-state index contributed by atoms with van der Waals surface area (Å²) in [7, 11) is 0. The maximum Gasteiger partial charge on any atom is 0.191 e. The van der Waals surface area contributed by atoms with Crippen LogP contribution >= 0.6 is 24.0 Å². The van der Waals surface area contributed by atoms with Crippen LogP contribution in [-0.2, 0) is 6.54 Å². The number of halogens is 1. The highest BCUT2D eigenvalue weighted by molar-refractivity contribution is 14.0. The highest BCUT2D eigenvalue weighted by Gasteiger charge is 2.02. The number of benzene rings is 2. The van der Waals surface area contributed by atoms with Gasteiger partial charge in [0.2, 0.25) is 0 Å². The van der Waals surface area contributed by atoms with E-state index in [2.05, 4.69) is 49.9 Å². The van der Waals surface area contributed by atoms with Gasteiger partial charge in [0.15, 0.2) is 11.8 Å². The van der Waals surface area contributed by atoms with Crippen molar-refractivity contribution in [1.29, 1.82) is 0 Å². The predicted octanol–water partition coefficient (Wildman–Crippen LogP) is 3.61. The first-order valence-corrected chi connectivity index (χ1v) is 9.50. The molecule has 154 valence electrons. The second-order valence-corrected chi connectivity index (χ2v) is 6.17. The van der Waals surface area contributed by atoms with Crippen LogP contribution in [0.4, 0.5) is 0 Å². The number of guanidine groups is 1. The summed E-state index contributed by atoms with van der Waals surface area (Å²) in [5, 5.41) is 13.4. The van der Waals surface area contributed by atoms with E-state index in [0.29, 0.717) is 13.2 Å². The second kappa shape index (κ2) is 12.8. The molecule has 0 aliphatic heterocycles. The molecule has 0 bridgehead atoms. The van der Waals surface area contributed by atoms with Crippen LogP contribution in [0.1, 0.15) is 18.9 Å². The Hall–Kier alpha value is -2.62. The minimum Gasteiger partial charge on any atom is -0.494 e. The molecule has 0 fully saturated rings. The lowest BCUT2D eigenvalue weighted by Crippen LogP contribution is -2.38. The van der Waals surface area contributed by atoms with Gasteiger partial charge in [0, 0.05) is 18.7 Å². The molecular formula is C21H27IN6O. The molecule has 3 aromatic rings. The summed E-state index contributed by atoms with van der Waals surface area (Å²) in [5.74, 6) is 2.45. The summed E-state index contributed by atoms with van der Waals surface area (Å²) in [6.07, 6.45) is 2.40. The molecule has 0 aliphatic rings. The lowest BCUT2D eigenvalue weighted by atomic mass is 10.1. The van der Waals surface area contributed by atoms with Gasteiger partial charge in [0.25, 0.3) is 0 Å². The van der Waals surface area contributed by atoms with Gasteiger partial charge in [-0.25, -0.2) is 9.98 Å². The number of nitrogens with one attached hydrogen (secondary N) is 3. The van der Waals surface area contributed by atoms with E-state index < -0.39 is 0 Å². The largest absolute Gasteiger partial charge is 0.494 e. The summed E-state index contributed by atoms with van der Waals surface area (Å²) < 4.78 is 5.71. The van der Waals surface area contributed by atoms with Crippen LogP contribution in [0.5, 0.6) is 5.75 Å². The summed E-state index contributed by atoms with van der Waals surface area (Å²) >= 11 is 0. The SMILES string of the molecule is CCNC(=NCc1cccc(-c2ncn[nH]2)c1)NCCCOc1ccccc1.I. The second-order valence-electron chi connectivity index (χ2n) is 6.17. The van der Waals surface area contributed by atoms with Crippen molar-refractivity contribution in [3.8, 4) is 17.1 Å². The normalized spacial score (nSPS) is 10.9. The van der Waals surface area contributed by atoms with Crippen molar-refractivity contribution in [1.82, 2.24) is 25.8 Å². The molecule has 1 aromatic heterocycles. The number of ether oxygens (including phenoxy) is 1. The zero-order chi connectivity index (χ0) is 19.4. The number of nitrogens with zero attached hydrogens (tertiary/aromatic N) is 3. The standard InChI is InChI=1S/C21H26N6O.HI/c1-2-22-21(23-12-7-13-28-19-10-4-3-5-11-19)24-15-17-8-6-9-18(14-17)20-25-16-26-27-20;/h3-6,8-11,14,16H,2,7,12-13,15H2,1H3,(H2,22,23,24)(H,25,26,27);1H. The Labute approximate surface area is 188 Å². The maximum absolute atomic E-state index is 5.71. The molecule has 1 heterocycles. The van der Waals surface area contributed by atoms with Crippen molar-refractivity contribution in [3.05, 3.63) is 66.5 Å². The number of rotatable bonds is 9. The molecule has 3 rings (SSSR count). The average molecular weight is 506 g/mol. The fourth-order valence-electron chi connectivity index (χ4n) is 2.66. The molecule has 2 aromatic carbocycles. The molecular weight excluding hydrogens is 479 g/mol. The minimum atomic E-state index is 0. The fraction of sp³-hybridized carbons (Fsp3) is 0.286. The van der Waals surface area contributed by atoms with E-state index in [4.69, 9.17) is 4.74 Å². The zero-order valence-corrected chi connectivity index (χ0v) is 18.8. The van der Waals surface area contributed by atoms with Crippen LogP contribution < -0.4 is 15.4 Å². The number of para-hydroxylation sites is 1. The molecule has 8 heteroatoms. The number of hydrogen-bond acceptors (Lipinski definition) is 4. The number of hydrogen-bond donors (Lipinski definition) is 3. The van der Waals surface area contributed by atoms with E-state index in [9.17, 15) is 0 Å².